The highest BCUT2D eigenvalue weighted by molar-refractivity contribution is 7.15. The van der Waals surface area contributed by atoms with Crippen molar-refractivity contribution in [3.63, 3.8) is 0 Å². The molecule has 0 aromatic carbocycles. The fraction of sp³-hybridized carbons (Fsp3) is 0.538. The maximum atomic E-state index is 12.1. The molecule has 1 aliphatic rings. The normalized spacial score (nSPS) is 14.6. The van der Waals surface area contributed by atoms with Gasteiger partial charge in [-0.05, 0) is 19.8 Å². The van der Waals surface area contributed by atoms with Gasteiger partial charge in [-0.1, -0.05) is 11.3 Å². The van der Waals surface area contributed by atoms with Crippen molar-refractivity contribution in [2.24, 2.45) is 0 Å². The van der Waals surface area contributed by atoms with Crippen LogP contribution in [0.4, 0.5) is 10.8 Å². The molecule has 7 nitrogen and oxygen atoms in total. The second-order valence-electron chi connectivity index (χ2n) is 4.94. The first kappa shape index (κ1) is 14.0. The zero-order valence-corrected chi connectivity index (χ0v) is 12.8. The summed E-state index contributed by atoms with van der Waals surface area (Å²) < 4.78 is 1.43. The van der Waals surface area contributed by atoms with Crippen LogP contribution in [-0.2, 0) is 6.54 Å². The molecule has 21 heavy (non-hydrogen) atoms. The van der Waals surface area contributed by atoms with Gasteiger partial charge in [0.2, 0.25) is 5.13 Å². The van der Waals surface area contributed by atoms with Crippen molar-refractivity contribution in [1.29, 1.82) is 0 Å². The van der Waals surface area contributed by atoms with E-state index in [1.165, 1.54) is 28.9 Å². The van der Waals surface area contributed by atoms with Crippen LogP contribution in [0.5, 0.6) is 0 Å². The minimum Gasteiger partial charge on any atom is -0.370 e. The number of anilines is 2. The Bertz CT molecular complexity index is 661. The minimum absolute atomic E-state index is 0.0976. The van der Waals surface area contributed by atoms with Gasteiger partial charge in [0.1, 0.15) is 5.01 Å². The molecule has 0 amide bonds. The van der Waals surface area contributed by atoms with Crippen LogP contribution in [0.2, 0.25) is 0 Å². The van der Waals surface area contributed by atoms with E-state index < -0.39 is 0 Å². The molecule has 1 N–H and O–H groups in total. The average Bonchev–Trinajstić information content (AvgIpc) is 3.13. The van der Waals surface area contributed by atoms with Crippen molar-refractivity contribution < 1.29 is 0 Å². The maximum Gasteiger partial charge on any atom is 0.269 e. The summed E-state index contributed by atoms with van der Waals surface area (Å²) in [5.74, 6) is 0. The molecule has 0 unspecified atom stereocenters. The lowest BCUT2D eigenvalue weighted by Gasteiger charge is -2.16. The number of hydrogen-bond donors (Lipinski definition) is 1. The van der Waals surface area contributed by atoms with Crippen molar-refractivity contribution in [1.82, 2.24) is 20.0 Å². The first-order chi connectivity index (χ1) is 10.3. The zero-order valence-electron chi connectivity index (χ0n) is 11.9. The van der Waals surface area contributed by atoms with Crippen molar-refractivity contribution in [3.8, 4) is 0 Å². The second-order valence-corrected chi connectivity index (χ2v) is 6.00. The first-order valence-electron chi connectivity index (χ1n) is 7.14. The topological polar surface area (TPSA) is 75.9 Å². The van der Waals surface area contributed by atoms with Gasteiger partial charge >= 0.3 is 0 Å². The third-order valence-corrected chi connectivity index (χ3v) is 4.27. The van der Waals surface area contributed by atoms with Gasteiger partial charge in [-0.15, -0.1) is 10.2 Å². The lowest BCUT2D eigenvalue weighted by atomic mass is 10.4. The van der Waals surface area contributed by atoms with E-state index in [1.807, 2.05) is 6.92 Å². The summed E-state index contributed by atoms with van der Waals surface area (Å²) in [6.07, 6.45) is 4.13. The fourth-order valence-corrected chi connectivity index (χ4v) is 3.15. The molecule has 3 heterocycles. The number of hydrogen-bond acceptors (Lipinski definition) is 7. The van der Waals surface area contributed by atoms with Crippen LogP contribution in [0.15, 0.2) is 17.1 Å². The number of rotatable bonds is 5. The van der Waals surface area contributed by atoms with E-state index in [-0.39, 0.29) is 5.56 Å². The Hall–Kier alpha value is -1.96. The van der Waals surface area contributed by atoms with Gasteiger partial charge in [-0.3, -0.25) is 4.79 Å². The lowest BCUT2D eigenvalue weighted by molar-refractivity contribution is 0.630. The minimum atomic E-state index is -0.0976. The molecule has 2 aromatic heterocycles. The molecule has 0 spiro atoms. The molecule has 0 aliphatic carbocycles. The van der Waals surface area contributed by atoms with Crippen molar-refractivity contribution >= 4 is 22.2 Å². The summed E-state index contributed by atoms with van der Waals surface area (Å²) in [6, 6.07) is 1.66. The zero-order chi connectivity index (χ0) is 14.7. The fourth-order valence-electron chi connectivity index (χ4n) is 2.36. The molecule has 0 atom stereocenters. The number of nitrogens with one attached hydrogen (secondary N) is 1. The van der Waals surface area contributed by atoms with E-state index >= 15 is 0 Å². The third-order valence-electron chi connectivity index (χ3n) is 3.41. The van der Waals surface area contributed by atoms with Gasteiger partial charge in [0.05, 0.1) is 18.4 Å². The monoisotopic (exact) mass is 306 g/mol. The molecule has 1 aliphatic heterocycles. The predicted molar refractivity (Wildman–Crippen MR) is 83.1 cm³/mol. The Morgan fingerprint density at radius 1 is 1.33 bits per heavy atom. The van der Waals surface area contributed by atoms with Crippen molar-refractivity contribution in [2.45, 2.75) is 26.3 Å². The largest absolute Gasteiger partial charge is 0.370 e. The summed E-state index contributed by atoms with van der Waals surface area (Å²) >= 11 is 1.45. The molecule has 0 radical (unpaired) electrons. The molecular formula is C13H18N6OS. The van der Waals surface area contributed by atoms with Crippen molar-refractivity contribution in [3.05, 3.63) is 27.6 Å². The third kappa shape index (κ3) is 3.21. The van der Waals surface area contributed by atoms with E-state index in [2.05, 4.69) is 25.5 Å². The van der Waals surface area contributed by atoms with Gasteiger partial charge in [-0.25, -0.2) is 4.68 Å². The van der Waals surface area contributed by atoms with Crippen LogP contribution in [-0.4, -0.2) is 39.6 Å². The van der Waals surface area contributed by atoms with Gasteiger partial charge in [0.15, 0.2) is 0 Å². The highest BCUT2D eigenvalue weighted by Gasteiger charge is 2.14. The van der Waals surface area contributed by atoms with Gasteiger partial charge in [0.25, 0.3) is 5.56 Å². The summed E-state index contributed by atoms with van der Waals surface area (Å²) in [4.78, 5) is 14.3. The van der Waals surface area contributed by atoms with Crippen LogP contribution in [0.3, 0.4) is 0 Å². The second kappa shape index (κ2) is 6.21. The predicted octanol–water partition coefficient (Wildman–Crippen LogP) is 1.18. The first-order valence-corrected chi connectivity index (χ1v) is 7.96. The van der Waals surface area contributed by atoms with Crippen molar-refractivity contribution in [2.75, 3.05) is 29.9 Å². The molecule has 1 saturated heterocycles. The van der Waals surface area contributed by atoms with Crippen LogP contribution < -0.4 is 15.8 Å². The molecule has 112 valence electrons. The number of nitrogens with zero attached hydrogens (tertiary/aromatic N) is 5. The average molecular weight is 306 g/mol. The summed E-state index contributed by atoms with van der Waals surface area (Å²) in [6.45, 7) is 5.19. The Morgan fingerprint density at radius 3 is 2.86 bits per heavy atom. The van der Waals surface area contributed by atoms with Crippen LogP contribution in [0.25, 0.3) is 0 Å². The van der Waals surface area contributed by atoms with Crippen LogP contribution in [0.1, 0.15) is 24.8 Å². The quantitative estimate of drug-likeness (QED) is 0.894. The van der Waals surface area contributed by atoms with E-state index in [4.69, 9.17) is 0 Å². The van der Waals surface area contributed by atoms with Gasteiger partial charge in [-0.2, -0.15) is 5.10 Å². The Morgan fingerprint density at radius 2 is 2.14 bits per heavy atom. The molecule has 0 bridgehead atoms. The van der Waals surface area contributed by atoms with Gasteiger partial charge < -0.3 is 10.2 Å². The standard InChI is InChI=1S/C13H18N6OS/c1-2-14-13-17-16-11(21-13)9-19-12(20)7-10(8-15-19)18-5-3-4-6-18/h7-8H,2-6,9H2,1H3,(H,14,17). The van der Waals surface area contributed by atoms with Crippen LogP contribution >= 0.6 is 11.3 Å². The SMILES string of the molecule is CCNc1nnc(Cn2ncc(N3CCCC3)cc2=O)s1. The molecule has 8 heteroatoms. The van der Waals surface area contributed by atoms with E-state index in [1.54, 1.807) is 12.3 Å². The Labute approximate surface area is 126 Å². The van der Waals surface area contributed by atoms with Gasteiger partial charge in [0, 0.05) is 25.7 Å². The Kier molecular flexibility index (Phi) is 4.14. The van der Waals surface area contributed by atoms with E-state index in [0.29, 0.717) is 6.54 Å². The molecular weight excluding hydrogens is 288 g/mol. The highest BCUT2D eigenvalue weighted by Crippen LogP contribution is 2.18. The molecule has 2 aromatic rings. The summed E-state index contributed by atoms with van der Waals surface area (Å²) in [5.41, 5.74) is 0.818. The van der Waals surface area contributed by atoms with E-state index in [0.717, 1.165) is 35.5 Å². The lowest BCUT2D eigenvalue weighted by Crippen LogP contribution is -2.26. The molecule has 3 rings (SSSR count). The smallest absolute Gasteiger partial charge is 0.269 e. The van der Waals surface area contributed by atoms with Crippen LogP contribution in [0, 0.1) is 0 Å². The highest BCUT2D eigenvalue weighted by atomic mass is 32.1. The summed E-state index contributed by atoms with van der Waals surface area (Å²) in [5, 5.41) is 17.0. The summed E-state index contributed by atoms with van der Waals surface area (Å²) in [7, 11) is 0. The Balaban J connectivity index is 1.74. The number of aromatic nitrogens is 4. The molecule has 0 saturated carbocycles. The van der Waals surface area contributed by atoms with E-state index in [9.17, 15) is 4.79 Å². The maximum absolute atomic E-state index is 12.1. The molecule has 1 fully saturated rings.